The summed E-state index contributed by atoms with van der Waals surface area (Å²) in [5.74, 6) is 2.61. The maximum absolute atomic E-state index is 3.44. The topological polar surface area (TPSA) is 12.0 Å². The molecule has 1 heteroatoms. The molecule has 0 aromatic heterocycles. The largest absolute Gasteiger partial charge is 0.317 e. The van der Waals surface area contributed by atoms with Crippen molar-refractivity contribution >= 4 is 0 Å². The fraction of sp³-hybridized carbons (Fsp3) is 0.600. The van der Waals surface area contributed by atoms with Crippen LogP contribution >= 0.6 is 0 Å². The Kier molecular flexibility index (Phi) is 4.00. The number of rotatable bonds is 6. The summed E-state index contributed by atoms with van der Waals surface area (Å²) in [6.45, 7) is 6.81. The fourth-order valence-corrected chi connectivity index (χ4v) is 2.61. The van der Waals surface area contributed by atoms with Crippen molar-refractivity contribution in [1.82, 2.24) is 5.32 Å². The van der Waals surface area contributed by atoms with Gasteiger partial charge in [-0.05, 0) is 49.2 Å². The molecule has 0 spiro atoms. The lowest BCUT2D eigenvalue weighted by molar-refractivity contribution is 0.458. The van der Waals surface area contributed by atoms with Gasteiger partial charge in [0.2, 0.25) is 0 Å². The van der Waals surface area contributed by atoms with Gasteiger partial charge in [-0.2, -0.15) is 0 Å². The third-order valence-electron chi connectivity index (χ3n) is 3.60. The first-order valence-corrected chi connectivity index (χ1v) is 6.57. The average molecular weight is 217 g/mol. The highest BCUT2D eigenvalue weighted by atomic mass is 14.8. The highest BCUT2D eigenvalue weighted by molar-refractivity contribution is 5.25. The molecule has 3 atom stereocenters. The molecule has 2 rings (SSSR count). The van der Waals surface area contributed by atoms with E-state index in [9.17, 15) is 0 Å². The monoisotopic (exact) mass is 217 g/mol. The Hall–Kier alpha value is -0.820. The Labute approximate surface area is 99.3 Å². The van der Waals surface area contributed by atoms with E-state index in [1.807, 2.05) is 0 Å². The van der Waals surface area contributed by atoms with Crippen molar-refractivity contribution in [2.24, 2.45) is 11.8 Å². The summed E-state index contributed by atoms with van der Waals surface area (Å²) in [6.07, 6.45) is 2.78. The van der Waals surface area contributed by atoms with Gasteiger partial charge < -0.3 is 5.32 Å². The summed E-state index contributed by atoms with van der Waals surface area (Å²) in [5, 5.41) is 3.44. The molecule has 0 heterocycles. The first-order valence-electron chi connectivity index (χ1n) is 6.57. The van der Waals surface area contributed by atoms with E-state index in [2.05, 4.69) is 49.5 Å². The van der Waals surface area contributed by atoms with Crippen LogP contribution in [0.15, 0.2) is 30.3 Å². The molecule has 16 heavy (non-hydrogen) atoms. The van der Waals surface area contributed by atoms with Gasteiger partial charge in [0, 0.05) is 0 Å². The maximum atomic E-state index is 3.44. The molecule has 1 nitrogen and oxygen atoms in total. The molecule has 1 aromatic carbocycles. The van der Waals surface area contributed by atoms with Crippen LogP contribution in [0.2, 0.25) is 0 Å². The smallest absolute Gasteiger partial charge is 0.00232 e. The van der Waals surface area contributed by atoms with E-state index in [0.29, 0.717) is 0 Å². The van der Waals surface area contributed by atoms with E-state index in [4.69, 9.17) is 0 Å². The highest BCUT2D eigenvalue weighted by Gasteiger charge is 2.38. The molecule has 1 aliphatic carbocycles. The van der Waals surface area contributed by atoms with Crippen molar-refractivity contribution in [3.8, 4) is 0 Å². The number of nitrogens with one attached hydrogen (secondary N) is 1. The van der Waals surface area contributed by atoms with Crippen molar-refractivity contribution in [3.05, 3.63) is 35.9 Å². The van der Waals surface area contributed by atoms with Crippen molar-refractivity contribution in [2.75, 3.05) is 13.1 Å². The molecule has 1 aliphatic rings. The van der Waals surface area contributed by atoms with Crippen LogP contribution in [0.3, 0.4) is 0 Å². The predicted molar refractivity (Wildman–Crippen MR) is 69.6 cm³/mol. The molecule has 1 saturated carbocycles. The minimum absolute atomic E-state index is 0.818. The van der Waals surface area contributed by atoms with Gasteiger partial charge in [0.25, 0.3) is 0 Å². The van der Waals surface area contributed by atoms with Crippen molar-refractivity contribution in [2.45, 2.75) is 32.6 Å². The van der Waals surface area contributed by atoms with E-state index >= 15 is 0 Å². The fourth-order valence-electron chi connectivity index (χ4n) is 2.61. The van der Waals surface area contributed by atoms with Crippen LogP contribution in [0.4, 0.5) is 0 Å². The van der Waals surface area contributed by atoms with Crippen LogP contribution < -0.4 is 5.32 Å². The molecule has 0 radical (unpaired) electrons. The van der Waals surface area contributed by atoms with E-state index in [1.54, 1.807) is 5.56 Å². The Bertz CT molecular complexity index is 306. The van der Waals surface area contributed by atoms with Gasteiger partial charge in [0.05, 0.1) is 0 Å². The molecule has 0 aliphatic heterocycles. The van der Waals surface area contributed by atoms with Crippen LogP contribution in [-0.2, 0) is 0 Å². The van der Waals surface area contributed by atoms with Crippen LogP contribution in [0.25, 0.3) is 0 Å². The zero-order valence-corrected chi connectivity index (χ0v) is 10.4. The van der Waals surface area contributed by atoms with E-state index < -0.39 is 0 Å². The van der Waals surface area contributed by atoms with Gasteiger partial charge in [-0.15, -0.1) is 0 Å². The van der Waals surface area contributed by atoms with Gasteiger partial charge in [-0.1, -0.05) is 44.2 Å². The maximum Gasteiger partial charge on any atom is -0.00232 e. The quantitative estimate of drug-likeness (QED) is 0.770. The van der Waals surface area contributed by atoms with Gasteiger partial charge in [-0.3, -0.25) is 0 Å². The molecule has 3 unspecified atom stereocenters. The molecule has 0 bridgehead atoms. The molecule has 0 saturated heterocycles. The Morgan fingerprint density at radius 1 is 1.31 bits per heavy atom. The van der Waals surface area contributed by atoms with Crippen LogP contribution in [0, 0.1) is 11.8 Å². The first-order chi connectivity index (χ1) is 7.81. The van der Waals surface area contributed by atoms with E-state index in [0.717, 1.165) is 24.3 Å². The normalized spacial score (nSPS) is 25.4. The molecule has 1 N–H and O–H groups in total. The molecular weight excluding hydrogens is 194 g/mol. The standard InChI is InChI=1S/C15H23N/c1-3-16-11-12(2)9-14-10-15(14)13-7-5-4-6-8-13/h4-8,12,14-16H,3,9-11H2,1-2H3. The molecule has 1 fully saturated rings. The highest BCUT2D eigenvalue weighted by Crippen LogP contribution is 2.50. The lowest BCUT2D eigenvalue weighted by Gasteiger charge is -2.11. The summed E-state index contributed by atoms with van der Waals surface area (Å²) in [6, 6.07) is 11.0. The van der Waals surface area contributed by atoms with Crippen LogP contribution in [0.1, 0.15) is 38.2 Å². The zero-order valence-electron chi connectivity index (χ0n) is 10.4. The summed E-state index contributed by atoms with van der Waals surface area (Å²) in [5.41, 5.74) is 1.54. The molecular formula is C15H23N. The van der Waals surface area contributed by atoms with Crippen LogP contribution in [-0.4, -0.2) is 13.1 Å². The minimum Gasteiger partial charge on any atom is -0.317 e. The van der Waals surface area contributed by atoms with Crippen LogP contribution in [0.5, 0.6) is 0 Å². The van der Waals surface area contributed by atoms with Gasteiger partial charge >= 0.3 is 0 Å². The third kappa shape index (κ3) is 3.08. The number of hydrogen-bond donors (Lipinski definition) is 1. The zero-order chi connectivity index (χ0) is 11.4. The Morgan fingerprint density at radius 2 is 2.06 bits per heavy atom. The number of hydrogen-bond acceptors (Lipinski definition) is 1. The lowest BCUT2D eigenvalue weighted by Crippen LogP contribution is -2.20. The second kappa shape index (κ2) is 5.49. The first kappa shape index (κ1) is 11.7. The Morgan fingerprint density at radius 3 is 2.75 bits per heavy atom. The van der Waals surface area contributed by atoms with Gasteiger partial charge in [0.1, 0.15) is 0 Å². The summed E-state index contributed by atoms with van der Waals surface area (Å²) in [4.78, 5) is 0. The predicted octanol–water partition coefficient (Wildman–Crippen LogP) is 3.43. The van der Waals surface area contributed by atoms with E-state index in [-0.39, 0.29) is 0 Å². The average Bonchev–Trinajstić information content (AvgIpc) is 3.07. The van der Waals surface area contributed by atoms with Crippen molar-refractivity contribution < 1.29 is 0 Å². The second-order valence-corrected chi connectivity index (χ2v) is 5.16. The third-order valence-corrected chi connectivity index (χ3v) is 3.60. The summed E-state index contributed by atoms with van der Waals surface area (Å²) >= 11 is 0. The van der Waals surface area contributed by atoms with E-state index in [1.165, 1.54) is 19.4 Å². The summed E-state index contributed by atoms with van der Waals surface area (Å²) < 4.78 is 0. The van der Waals surface area contributed by atoms with Crippen molar-refractivity contribution in [3.63, 3.8) is 0 Å². The minimum atomic E-state index is 0.818. The molecule has 1 aromatic rings. The number of benzene rings is 1. The molecule has 88 valence electrons. The van der Waals surface area contributed by atoms with Gasteiger partial charge in [0.15, 0.2) is 0 Å². The van der Waals surface area contributed by atoms with Crippen molar-refractivity contribution in [1.29, 1.82) is 0 Å². The molecule has 0 amide bonds. The summed E-state index contributed by atoms with van der Waals surface area (Å²) in [7, 11) is 0. The SMILES string of the molecule is CCNCC(C)CC1CC1c1ccccc1. The Balaban J connectivity index is 1.75. The second-order valence-electron chi connectivity index (χ2n) is 5.16. The lowest BCUT2D eigenvalue weighted by atomic mass is 10.0. The van der Waals surface area contributed by atoms with Gasteiger partial charge in [-0.25, -0.2) is 0 Å².